The van der Waals surface area contributed by atoms with Gasteiger partial charge in [-0.2, -0.15) is 0 Å². The first-order chi connectivity index (χ1) is 20.1. The highest BCUT2D eigenvalue weighted by atomic mass is 35.5. The van der Waals surface area contributed by atoms with Crippen molar-refractivity contribution in [3.8, 4) is 17.0 Å². The molecule has 0 aliphatic carbocycles. The van der Waals surface area contributed by atoms with Crippen molar-refractivity contribution in [3.63, 3.8) is 0 Å². The molecule has 12 heteroatoms. The van der Waals surface area contributed by atoms with E-state index in [1.54, 1.807) is 28.0 Å². The highest BCUT2D eigenvalue weighted by Gasteiger charge is 2.44. The molecule has 0 bridgehead atoms. The van der Waals surface area contributed by atoms with Crippen molar-refractivity contribution in [1.82, 2.24) is 19.7 Å². The zero-order chi connectivity index (χ0) is 29.8. The Labute approximate surface area is 247 Å². The number of fused-ring (bicyclic) bond motifs is 2. The quantitative estimate of drug-likeness (QED) is 0.481. The van der Waals surface area contributed by atoms with Crippen LogP contribution < -0.4 is 9.64 Å². The number of aromatic nitrogens is 1. The lowest BCUT2D eigenvalue weighted by Crippen LogP contribution is -2.57. The number of piperazine rings is 1. The van der Waals surface area contributed by atoms with Crippen LogP contribution in [-0.4, -0.2) is 101 Å². The molecule has 2 amide bonds. The molecule has 0 saturated carbocycles. The minimum Gasteiger partial charge on any atom is -0.489 e. The lowest BCUT2D eigenvalue weighted by molar-refractivity contribution is -0.128. The average Bonchev–Trinajstić information content (AvgIpc) is 3.29. The van der Waals surface area contributed by atoms with Crippen molar-refractivity contribution >= 4 is 29.2 Å². The van der Waals surface area contributed by atoms with Crippen molar-refractivity contribution in [3.05, 3.63) is 53.3 Å². The first-order valence-electron chi connectivity index (χ1n) is 14.3. The van der Waals surface area contributed by atoms with Crippen molar-refractivity contribution in [2.45, 2.75) is 50.2 Å². The van der Waals surface area contributed by atoms with Gasteiger partial charge < -0.3 is 19.4 Å². The Hall–Kier alpha value is -3.31. The Morgan fingerprint density at radius 1 is 1.12 bits per heavy atom. The van der Waals surface area contributed by atoms with Crippen LogP contribution in [0.1, 0.15) is 36.5 Å². The molecule has 5 heterocycles. The molecule has 3 fully saturated rings. The van der Waals surface area contributed by atoms with E-state index < -0.39 is 17.8 Å². The monoisotopic (exact) mass is 603 g/mol. The van der Waals surface area contributed by atoms with Gasteiger partial charge in [0.05, 0.1) is 11.7 Å². The number of hydrogen-bond donors (Lipinski definition) is 0. The van der Waals surface area contributed by atoms with Gasteiger partial charge in [-0.05, 0) is 31.6 Å². The maximum Gasteiger partial charge on any atom is 0.261 e. The van der Waals surface area contributed by atoms with E-state index in [1.807, 2.05) is 11.8 Å². The second-order valence-corrected chi connectivity index (χ2v) is 11.9. The molecular weight excluding hydrogens is 571 g/mol. The number of anilines is 1. The summed E-state index contributed by atoms with van der Waals surface area (Å²) in [6.45, 7) is 7.61. The highest BCUT2D eigenvalue weighted by Crippen LogP contribution is 2.45. The van der Waals surface area contributed by atoms with E-state index in [1.165, 1.54) is 12.1 Å². The van der Waals surface area contributed by atoms with Crippen LogP contribution >= 0.6 is 11.6 Å². The molecule has 3 atom stereocenters. The predicted octanol–water partition coefficient (Wildman–Crippen LogP) is 4.47. The standard InChI is InChI=1S/C30H33ClF3N5O3/c1-3-23(40)37-12-13-38-20(15-37)17-42-27-24(29(38)41)28(35-26(25(27)31)21-6-4-5-7-22(21)32)39-16-19(14-18(39)2)36-10-8-30(33,34)9-11-36/h3-7,18-20H,1,8-17H2,2H3/t18-,19?,20+/m0/s1. The first kappa shape index (κ1) is 28.8. The second-order valence-electron chi connectivity index (χ2n) is 11.5. The third-order valence-corrected chi connectivity index (χ3v) is 9.29. The number of benzene rings is 1. The number of nitrogens with zero attached hydrogens (tertiary/aromatic N) is 5. The number of pyridine rings is 1. The summed E-state index contributed by atoms with van der Waals surface area (Å²) in [6.07, 6.45) is 1.58. The molecule has 2 aromatic rings. The van der Waals surface area contributed by atoms with E-state index >= 15 is 4.39 Å². The number of rotatable bonds is 4. The molecule has 8 nitrogen and oxygen atoms in total. The Morgan fingerprint density at radius 2 is 1.86 bits per heavy atom. The lowest BCUT2D eigenvalue weighted by Gasteiger charge is -2.39. The molecule has 4 aliphatic heterocycles. The van der Waals surface area contributed by atoms with Gasteiger partial charge in [-0.1, -0.05) is 30.3 Å². The Balaban J connectivity index is 1.41. The maximum atomic E-state index is 15.0. The molecule has 224 valence electrons. The average molecular weight is 604 g/mol. The summed E-state index contributed by atoms with van der Waals surface area (Å²) in [5.41, 5.74) is 0.533. The van der Waals surface area contributed by atoms with E-state index in [-0.39, 0.29) is 84.0 Å². The summed E-state index contributed by atoms with van der Waals surface area (Å²) in [5.74, 6) is -3.25. The molecule has 4 aliphatic rings. The SMILES string of the molecule is C=CC(=O)N1CCN2C(=O)c3c(N4CC(N5CCC(F)(F)CC5)C[C@@H]4C)nc(-c4ccccc4F)c(Cl)c3OC[C@H]2C1. The van der Waals surface area contributed by atoms with Crippen LogP contribution in [0.4, 0.5) is 19.0 Å². The summed E-state index contributed by atoms with van der Waals surface area (Å²) in [4.78, 5) is 38.8. The van der Waals surface area contributed by atoms with E-state index in [2.05, 4.69) is 11.5 Å². The number of amides is 2. The van der Waals surface area contributed by atoms with E-state index in [4.69, 9.17) is 21.3 Å². The Morgan fingerprint density at radius 3 is 2.57 bits per heavy atom. The first-order valence-corrected chi connectivity index (χ1v) is 14.7. The topological polar surface area (TPSA) is 69.2 Å². The number of halogens is 4. The molecule has 3 saturated heterocycles. The molecular formula is C30H33ClF3N5O3. The molecule has 6 rings (SSSR count). The van der Waals surface area contributed by atoms with Crippen molar-refractivity contribution < 1.29 is 27.5 Å². The van der Waals surface area contributed by atoms with Crippen LogP contribution in [0.25, 0.3) is 11.3 Å². The van der Waals surface area contributed by atoms with Gasteiger partial charge in [-0.15, -0.1) is 0 Å². The van der Waals surface area contributed by atoms with Crippen LogP contribution in [0.15, 0.2) is 36.9 Å². The minimum absolute atomic E-state index is 0.0100. The number of ether oxygens (including phenoxy) is 1. The lowest BCUT2D eigenvalue weighted by atomic mass is 10.0. The van der Waals surface area contributed by atoms with E-state index in [0.29, 0.717) is 38.4 Å². The second kappa shape index (κ2) is 11.1. The molecule has 1 aromatic heterocycles. The van der Waals surface area contributed by atoms with Gasteiger partial charge >= 0.3 is 0 Å². The smallest absolute Gasteiger partial charge is 0.261 e. The van der Waals surface area contributed by atoms with Crippen LogP contribution in [0, 0.1) is 5.82 Å². The maximum absolute atomic E-state index is 15.0. The largest absolute Gasteiger partial charge is 0.489 e. The molecule has 0 radical (unpaired) electrons. The zero-order valence-corrected chi connectivity index (χ0v) is 24.1. The van der Waals surface area contributed by atoms with Crippen molar-refractivity contribution in [2.75, 3.05) is 50.8 Å². The summed E-state index contributed by atoms with van der Waals surface area (Å²) in [6, 6.07) is 5.62. The predicted molar refractivity (Wildman–Crippen MR) is 153 cm³/mol. The number of carbonyl (C=O) groups is 2. The fraction of sp³-hybridized carbons (Fsp3) is 0.500. The van der Waals surface area contributed by atoms with Gasteiger partial charge in [0.25, 0.3) is 11.8 Å². The van der Waals surface area contributed by atoms with E-state index in [9.17, 15) is 18.4 Å². The fourth-order valence-electron chi connectivity index (χ4n) is 6.59. The van der Waals surface area contributed by atoms with Gasteiger partial charge in [-0.3, -0.25) is 14.5 Å². The number of hydrogen-bond acceptors (Lipinski definition) is 6. The minimum atomic E-state index is -2.65. The molecule has 0 spiro atoms. The Kier molecular flexibility index (Phi) is 7.59. The van der Waals surface area contributed by atoms with Crippen LogP contribution in [0.3, 0.4) is 0 Å². The van der Waals surface area contributed by atoms with Crippen molar-refractivity contribution in [1.29, 1.82) is 0 Å². The fourth-order valence-corrected chi connectivity index (χ4v) is 6.89. The molecule has 1 aromatic carbocycles. The third-order valence-electron chi connectivity index (χ3n) is 8.94. The number of alkyl halides is 2. The summed E-state index contributed by atoms with van der Waals surface area (Å²) < 4.78 is 49.1. The number of carbonyl (C=O) groups excluding carboxylic acids is 2. The van der Waals surface area contributed by atoms with Crippen LogP contribution in [0.2, 0.25) is 5.02 Å². The zero-order valence-electron chi connectivity index (χ0n) is 23.4. The van der Waals surface area contributed by atoms with Gasteiger partial charge in [0, 0.05) is 69.8 Å². The van der Waals surface area contributed by atoms with Crippen LogP contribution in [-0.2, 0) is 4.79 Å². The van der Waals surface area contributed by atoms with Gasteiger partial charge in [0.1, 0.15) is 28.8 Å². The molecule has 0 N–H and O–H groups in total. The summed E-state index contributed by atoms with van der Waals surface area (Å²) in [7, 11) is 0. The van der Waals surface area contributed by atoms with Gasteiger partial charge in [0.2, 0.25) is 5.91 Å². The normalized spacial score (nSPS) is 25.9. The Bertz CT molecular complexity index is 1410. The number of piperidine rings is 1. The van der Waals surface area contributed by atoms with Gasteiger partial charge in [-0.25, -0.2) is 18.2 Å². The summed E-state index contributed by atoms with van der Waals surface area (Å²) >= 11 is 6.86. The van der Waals surface area contributed by atoms with Gasteiger partial charge in [0.15, 0.2) is 5.75 Å². The molecule has 42 heavy (non-hydrogen) atoms. The number of likely N-dealkylation sites (tertiary alicyclic amines) is 1. The van der Waals surface area contributed by atoms with Crippen molar-refractivity contribution in [2.24, 2.45) is 0 Å². The third kappa shape index (κ3) is 5.10. The summed E-state index contributed by atoms with van der Waals surface area (Å²) in [5, 5.41) is 0.0349. The highest BCUT2D eigenvalue weighted by molar-refractivity contribution is 6.35. The van der Waals surface area contributed by atoms with Crippen LogP contribution in [0.5, 0.6) is 5.75 Å². The van der Waals surface area contributed by atoms with E-state index in [0.717, 1.165) is 0 Å². The molecule has 1 unspecified atom stereocenters.